The number of nitrogens with one attached hydrogen (secondary N) is 1. The van der Waals surface area contributed by atoms with E-state index in [2.05, 4.69) is 20.4 Å². The van der Waals surface area contributed by atoms with Crippen molar-refractivity contribution in [3.05, 3.63) is 36.2 Å². The molecule has 0 atom stereocenters. The van der Waals surface area contributed by atoms with Crippen molar-refractivity contribution in [1.29, 1.82) is 0 Å². The normalized spacial score (nSPS) is 17.8. The highest BCUT2D eigenvalue weighted by Crippen LogP contribution is 2.34. The molecule has 1 aliphatic heterocycles. The van der Waals surface area contributed by atoms with Crippen LogP contribution in [0.15, 0.2) is 34.9 Å². The van der Waals surface area contributed by atoms with Crippen LogP contribution in [-0.4, -0.2) is 40.2 Å². The predicted octanol–water partition coefficient (Wildman–Crippen LogP) is 5.05. The quantitative estimate of drug-likeness (QED) is 0.533. The zero-order valence-corrected chi connectivity index (χ0v) is 19.3. The fraction of sp³-hybridized carbons (Fsp3) is 0.538. The first-order valence-corrected chi connectivity index (χ1v) is 12.5. The van der Waals surface area contributed by atoms with Gasteiger partial charge in [-0.1, -0.05) is 61.2 Å². The fourth-order valence-corrected chi connectivity index (χ4v) is 5.07. The van der Waals surface area contributed by atoms with Crippen LogP contribution >= 0.6 is 0 Å². The number of nitrogens with zero attached hydrogens (tertiary/aromatic N) is 4. The lowest BCUT2D eigenvalue weighted by molar-refractivity contribution is -0.121. The summed E-state index contributed by atoms with van der Waals surface area (Å²) in [4.78, 5) is 24.6. The number of carbonyl (C=O) groups is 1. The standard InChI is InChI=1S/C26H33N5O2/c32-22(27-20-13-7-1-2-8-14-20)16-15-21-28-25(31-17-9-4-10-18-31)23-24(30-33-26(23)29-21)19-11-5-3-6-12-19/h3,5-6,11-12,20H,1-2,4,7-10,13-18H2,(H,27,32). The molecule has 33 heavy (non-hydrogen) atoms. The van der Waals surface area contributed by atoms with Crippen LogP contribution in [0.2, 0.25) is 0 Å². The van der Waals surface area contributed by atoms with Gasteiger partial charge < -0.3 is 14.7 Å². The van der Waals surface area contributed by atoms with Crippen molar-refractivity contribution >= 4 is 22.8 Å². The van der Waals surface area contributed by atoms with Crippen molar-refractivity contribution in [2.45, 2.75) is 76.7 Å². The predicted molar refractivity (Wildman–Crippen MR) is 129 cm³/mol. The molecule has 1 N–H and O–H groups in total. The van der Waals surface area contributed by atoms with E-state index in [4.69, 9.17) is 9.51 Å². The average molecular weight is 448 g/mol. The molecule has 0 radical (unpaired) electrons. The molecule has 3 aromatic rings. The van der Waals surface area contributed by atoms with Crippen LogP contribution < -0.4 is 10.2 Å². The molecule has 1 saturated heterocycles. The summed E-state index contributed by atoms with van der Waals surface area (Å²) in [7, 11) is 0. The number of hydrogen-bond acceptors (Lipinski definition) is 6. The molecule has 1 saturated carbocycles. The lowest BCUT2D eigenvalue weighted by atomic mass is 10.1. The molecule has 3 heterocycles. The Morgan fingerprint density at radius 1 is 0.970 bits per heavy atom. The Morgan fingerprint density at radius 3 is 2.45 bits per heavy atom. The second-order valence-electron chi connectivity index (χ2n) is 9.34. The maximum absolute atomic E-state index is 12.6. The van der Waals surface area contributed by atoms with Gasteiger partial charge in [0.05, 0.1) is 0 Å². The minimum absolute atomic E-state index is 0.0904. The van der Waals surface area contributed by atoms with E-state index in [1.807, 2.05) is 30.3 Å². The molecule has 0 bridgehead atoms. The Hall–Kier alpha value is -2.96. The molecule has 0 spiro atoms. The largest absolute Gasteiger partial charge is 0.356 e. The van der Waals surface area contributed by atoms with Crippen molar-refractivity contribution in [2.24, 2.45) is 0 Å². The smallest absolute Gasteiger partial charge is 0.263 e. The van der Waals surface area contributed by atoms with Gasteiger partial charge in [-0.05, 0) is 32.1 Å². The minimum Gasteiger partial charge on any atom is -0.356 e. The van der Waals surface area contributed by atoms with Crippen LogP contribution in [0.25, 0.3) is 22.4 Å². The van der Waals surface area contributed by atoms with E-state index < -0.39 is 0 Å². The molecule has 7 nitrogen and oxygen atoms in total. The van der Waals surface area contributed by atoms with E-state index in [-0.39, 0.29) is 5.91 Å². The summed E-state index contributed by atoms with van der Waals surface area (Å²) in [6.07, 6.45) is 11.6. The second-order valence-corrected chi connectivity index (χ2v) is 9.34. The first-order chi connectivity index (χ1) is 16.3. The van der Waals surface area contributed by atoms with Gasteiger partial charge in [-0.3, -0.25) is 4.79 Å². The van der Waals surface area contributed by atoms with Crippen LogP contribution in [0.1, 0.15) is 70.0 Å². The van der Waals surface area contributed by atoms with Crippen LogP contribution in [0.3, 0.4) is 0 Å². The highest BCUT2D eigenvalue weighted by Gasteiger charge is 2.24. The summed E-state index contributed by atoms with van der Waals surface area (Å²) >= 11 is 0. The number of piperidine rings is 1. The molecular formula is C26H33N5O2. The van der Waals surface area contributed by atoms with Crippen LogP contribution in [0.4, 0.5) is 5.82 Å². The van der Waals surface area contributed by atoms with E-state index in [1.165, 1.54) is 32.1 Å². The number of rotatable bonds is 6. The third-order valence-electron chi connectivity index (χ3n) is 6.86. The van der Waals surface area contributed by atoms with Crippen LogP contribution in [-0.2, 0) is 11.2 Å². The number of carbonyl (C=O) groups excluding carboxylic acids is 1. The van der Waals surface area contributed by atoms with Gasteiger partial charge in [0.25, 0.3) is 5.71 Å². The summed E-state index contributed by atoms with van der Waals surface area (Å²) in [5.74, 6) is 1.63. The molecule has 2 fully saturated rings. The first kappa shape index (κ1) is 21.9. The number of aryl methyl sites for hydroxylation is 1. The van der Waals surface area contributed by atoms with Gasteiger partial charge >= 0.3 is 0 Å². The maximum Gasteiger partial charge on any atom is 0.263 e. The molecule has 1 aromatic carbocycles. The van der Waals surface area contributed by atoms with Gasteiger partial charge in [-0.15, -0.1) is 0 Å². The van der Waals surface area contributed by atoms with Crippen molar-refractivity contribution < 1.29 is 9.32 Å². The molecule has 2 aromatic heterocycles. The Labute approximate surface area is 195 Å². The lowest BCUT2D eigenvalue weighted by Crippen LogP contribution is -2.34. The van der Waals surface area contributed by atoms with Crippen molar-refractivity contribution in [2.75, 3.05) is 18.0 Å². The van der Waals surface area contributed by atoms with Crippen molar-refractivity contribution in [3.8, 4) is 11.3 Å². The number of benzene rings is 1. The SMILES string of the molecule is O=C(CCc1nc(N2CCCCC2)c2c(-c3ccccc3)noc2n1)NC1CCCCCC1. The van der Waals surface area contributed by atoms with E-state index in [0.29, 0.717) is 30.4 Å². The van der Waals surface area contributed by atoms with Crippen molar-refractivity contribution in [1.82, 2.24) is 20.4 Å². The van der Waals surface area contributed by atoms with Crippen LogP contribution in [0.5, 0.6) is 0 Å². The Bertz CT molecular complexity index is 1070. The molecule has 1 amide bonds. The number of fused-ring (bicyclic) bond motifs is 1. The monoisotopic (exact) mass is 447 g/mol. The molecule has 174 valence electrons. The molecule has 1 aliphatic carbocycles. The van der Waals surface area contributed by atoms with Crippen LogP contribution in [0, 0.1) is 0 Å². The number of anilines is 1. The average Bonchev–Trinajstić information content (AvgIpc) is 3.12. The zero-order chi connectivity index (χ0) is 22.5. The summed E-state index contributed by atoms with van der Waals surface area (Å²) in [5.41, 5.74) is 2.28. The molecular weight excluding hydrogens is 414 g/mol. The Kier molecular flexibility index (Phi) is 6.84. The lowest BCUT2D eigenvalue weighted by Gasteiger charge is -2.28. The van der Waals surface area contributed by atoms with Gasteiger partial charge in [0.1, 0.15) is 22.7 Å². The number of aromatic nitrogens is 3. The van der Waals surface area contributed by atoms with Gasteiger partial charge in [-0.2, -0.15) is 4.98 Å². The van der Waals surface area contributed by atoms with Gasteiger partial charge in [0.2, 0.25) is 5.91 Å². The van der Waals surface area contributed by atoms with E-state index in [0.717, 1.165) is 61.2 Å². The summed E-state index contributed by atoms with van der Waals surface area (Å²) in [5, 5.41) is 8.46. The Morgan fingerprint density at radius 2 is 1.70 bits per heavy atom. The molecule has 7 heteroatoms. The van der Waals surface area contributed by atoms with E-state index >= 15 is 0 Å². The zero-order valence-electron chi connectivity index (χ0n) is 19.3. The highest BCUT2D eigenvalue weighted by atomic mass is 16.5. The fourth-order valence-electron chi connectivity index (χ4n) is 5.07. The van der Waals surface area contributed by atoms with E-state index in [1.54, 1.807) is 0 Å². The number of amides is 1. The van der Waals surface area contributed by atoms with Gasteiger partial charge in [0, 0.05) is 37.5 Å². The summed E-state index contributed by atoms with van der Waals surface area (Å²) in [6, 6.07) is 10.4. The van der Waals surface area contributed by atoms with Crippen molar-refractivity contribution in [3.63, 3.8) is 0 Å². The van der Waals surface area contributed by atoms with Gasteiger partial charge in [-0.25, -0.2) is 4.98 Å². The molecule has 0 unspecified atom stereocenters. The topological polar surface area (TPSA) is 84.2 Å². The third kappa shape index (κ3) is 5.18. The maximum atomic E-state index is 12.6. The minimum atomic E-state index is 0.0904. The highest BCUT2D eigenvalue weighted by molar-refractivity contribution is 5.98. The molecule has 2 aliphatic rings. The van der Waals surface area contributed by atoms with E-state index in [9.17, 15) is 4.79 Å². The number of hydrogen-bond donors (Lipinski definition) is 1. The van der Waals surface area contributed by atoms with Gasteiger partial charge in [0.15, 0.2) is 0 Å². The third-order valence-corrected chi connectivity index (χ3v) is 6.86. The summed E-state index contributed by atoms with van der Waals surface area (Å²) < 4.78 is 5.69. The first-order valence-electron chi connectivity index (χ1n) is 12.5. The Balaban J connectivity index is 1.38. The summed E-state index contributed by atoms with van der Waals surface area (Å²) in [6.45, 7) is 1.93. The molecule has 5 rings (SSSR count). The second kappa shape index (κ2) is 10.3.